The number of halogens is 1. The van der Waals surface area contributed by atoms with Gasteiger partial charge in [0.2, 0.25) is 0 Å². The summed E-state index contributed by atoms with van der Waals surface area (Å²) in [5, 5.41) is 3.51. The molecule has 0 saturated carbocycles. The molecule has 0 unspecified atom stereocenters. The van der Waals surface area contributed by atoms with Crippen LogP contribution in [0.5, 0.6) is 5.75 Å². The second-order valence-electron chi connectivity index (χ2n) is 4.80. The zero-order valence-corrected chi connectivity index (χ0v) is 12.4. The first-order chi connectivity index (χ1) is 8.69. The van der Waals surface area contributed by atoms with Gasteiger partial charge in [-0.05, 0) is 36.0 Å². The summed E-state index contributed by atoms with van der Waals surface area (Å²) in [4.78, 5) is 0. The van der Waals surface area contributed by atoms with E-state index < -0.39 is 0 Å². The number of hydrogen-bond donors (Lipinski definition) is 1. The molecule has 0 amide bonds. The molecule has 102 valence electrons. The number of rotatable bonds is 8. The third-order valence-corrected chi connectivity index (χ3v) is 4.31. The Hall–Kier alpha value is -0.730. The van der Waals surface area contributed by atoms with Gasteiger partial charge in [0.05, 0.1) is 7.11 Å². The summed E-state index contributed by atoms with van der Waals surface area (Å²) in [7, 11) is 1.69. The minimum absolute atomic E-state index is 0.223. The summed E-state index contributed by atoms with van der Waals surface area (Å²) in [6, 6.07) is 8.15. The maximum atomic E-state index is 6.09. The molecule has 3 heteroatoms. The van der Waals surface area contributed by atoms with Gasteiger partial charge in [0, 0.05) is 19.0 Å². The number of benzene rings is 1. The fraction of sp³-hybridized carbons (Fsp3) is 0.600. The lowest BCUT2D eigenvalue weighted by Crippen LogP contribution is -2.34. The molecule has 0 bridgehead atoms. The minimum Gasteiger partial charge on any atom is -0.497 e. The summed E-state index contributed by atoms with van der Waals surface area (Å²) < 4.78 is 5.22. The molecule has 0 atom stereocenters. The van der Waals surface area contributed by atoms with Crippen molar-refractivity contribution in [1.29, 1.82) is 0 Å². The molecule has 0 aliphatic heterocycles. The zero-order chi connectivity index (χ0) is 13.4. The van der Waals surface area contributed by atoms with Gasteiger partial charge in [-0.25, -0.2) is 0 Å². The molecular formula is C15H24ClNO. The topological polar surface area (TPSA) is 21.3 Å². The van der Waals surface area contributed by atoms with Gasteiger partial charge in [-0.2, -0.15) is 0 Å². The van der Waals surface area contributed by atoms with Crippen LogP contribution in [0.15, 0.2) is 24.3 Å². The van der Waals surface area contributed by atoms with Crippen molar-refractivity contribution in [1.82, 2.24) is 5.32 Å². The average molecular weight is 270 g/mol. The molecule has 1 rings (SSSR count). The van der Waals surface area contributed by atoms with Crippen LogP contribution in [0.3, 0.4) is 0 Å². The highest BCUT2D eigenvalue weighted by Crippen LogP contribution is 2.27. The first kappa shape index (κ1) is 15.3. The molecule has 1 aromatic carbocycles. The molecule has 18 heavy (non-hydrogen) atoms. The van der Waals surface area contributed by atoms with E-state index in [4.69, 9.17) is 16.3 Å². The van der Waals surface area contributed by atoms with Gasteiger partial charge < -0.3 is 10.1 Å². The Morgan fingerprint density at radius 2 is 2.00 bits per heavy atom. The van der Waals surface area contributed by atoms with E-state index in [-0.39, 0.29) is 5.41 Å². The third kappa shape index (κ3) is 4.18. The van der Waals surface area contributed by atoms with Crippen LogP contribution in [0, 0.1) is 5.41 Å². The van der Waals surface area contributed by atoms with Crippen LogP contribution in [0.4, 0.5) is 0 Å². The molecule has 0 saturated heterocycles. The Labute approximate surface area is 116 Å². The second kappa shape index (κ2) is 7.65. The maximum Gasteiger partial charge on any atom is 0.119 e. The Balaban J connectivity index is 2.49. The van der Waals surface area contributed by atoms with Gasteiger partial charge in [-0.3, -0.25) is 0 Å². The third-order valence-electron chi connectivity index (χ3n) is 3.75. The van der Waals surface area contributed by atoms with Crippen molar-refractivity contribution in [3.05, 3.63) is 29.8 Å². The highest BCUT2D eigenvalue weighted by molar-refractivity contribution is 6.18. The summed E-state index contributed by atoms with van der Waals surface area (Å²) in [5.74, 6) is 1.62. The van der Waals surface area contributed by atoms with Crippen LogP contribution in [0.1, 0.15) is 32.3 Å². The van der Waals surface area contributed by atoms with Crippen molar-refractivity contribution in [3.8, 4) is 5.75 Å². The van der Waals surface area contributed by atoms with E-state index >= 15 is 0 Å². The Kier molecular flexibility index (Phi) is 6.51. The van der Waals surface area contributed by atoms with Gasteiger partial charge >= 0.3 is 0 Å². The number of ether oxygens (including phenoxy) is 1. The van der Waals surface area contributed by atoms with E-state index in [9.17, 15) is 0 Å². The highest BCUT2D eigenvalue weighted by Gasteiger charge is 2.24. The van der Waals surface area contributed by atoms with Crippen molar-refractivity contribution in [2.24, 2.45) is 5.41 Å². The SMILES string of the molecule is CCC(CC)(CCl)CNCc1cccc(OC)c1. The smallest absolute Gasteiger partial charge is 0.119 e. The number of methoxy groups -OCH3 is 1. The predicted molar refractivity (Wildman–Crippen MR) is 78.4 cm³/mol. The molecule has 0 aliphatic carbocycles. The van der Waals surface area contributed by atoms with E-state index in [1.807, 2.05) is 12.1 Å². The molecule has 0 spiro atoms. The lowest BCUT2D eigenvalue weighted by atomic mass is 9.84. The lowest BCUT2D eigenvalue weighted by molar-refractivity contribution is 0.286. The largest absolute Gasteiger partial charge is 0.497 e. The first-order valence-corrected chi connectivity index (χ1v) is 7.12. The van der Waals surface area contributed by atoms with Crippen molar-refractivity contribution in [2.45, 2.75) is 33.2 Å². The highest BCUT2D eigenvalue weighted by atomic mass is 35.5. The summed E-state index contributed by atoms with van der Waals surface area (Å²) >= 11 is 6.09. The predicted octanol–water partition coefficient (Wildman–Crippen LogP) is 3.83. The van der Waals surface area contributed by atoms with Crippen molar-refractivity contribution < 1.29 is 4.74 Å². The van der Waals surface area contributed by atoms with Crippen LogP contribution in [-0.2, 0) is 6.54 Å². The van der Waals surface area contributed by atoms with E-state index in [1.54, 1.807) is 7.11 Å². The molecule has 1 N–H and O–H groups in total. The van der Waals surface area contributed by atoms with Crippen LogP contribution in [-0.4, -0.2) is 19.5 Å². The van der Waals surface area contributed by atoms with Crippen molar-refractivity contribution >= 4 is 11.6 Å². The normalized spacial score (nSPS) is 11.6. The fourth-order valence-electron chi connectivity index (χ4n) is 1.99. The molecule has 0 aliphatic rings. The minimum atomic E-state index is 0.223. The molecular weight excluding hydrogens is 246 g/mol. The zero-order valence-electron chi connectivity index (χ0n) is 11.6. The summed E-state index contributed by atoms with van der Waals surface area (Å²) in [5.41, 5.74) is 1.46. The van der Waals surface area contributed by atoms with E-state index in [0.29, 0.717) is 5.88 Å². The molecule has 0 heterocycles. The number of nitrogens with one attached hydrogen (secondary N) is 1. The van der Waals surface area contributed by atoms with Gasteiger partial charge in [0.1, 0.15) is 5.75 Å². The maximum absolute atomic E-state index is 6.09. The van der Waals surface area contributed by atoms with Crippen molar-refractivity contribution in [2.75, 3.05) is 19.5 Å². The first-order valence-electron chi connectivity index (χ1n) is 6.59. The van der Waals surface area contributed by atoms with E-state index in [0.717, 1.165) is 31.7 Å². The molecule has 0 radical (unpaired) electrons. The van der Waals surface area contributed by atoms with Crippen molar-refractivity contribution in [3.63, 3.8) is 0 Å². The Bertz CT molecular complexity index is 342. The Morgan fingerprint density at radius 1 is 1.28 bits per heavy atom. The molecule has 2 nitrogen and oxygen atoms in total. The number of hydrogen-bond acceptors (Lipinski definition) is 2. The van der Waals surface area contributed by atoms with Gasteiger partial charge in [-0.15, -0.1) is 11.6 Å². The fourth-order valence-corrected chi connectivity index (χ4v) is 2.46. The van der Waals surface area contributed by atoms with Gasteiger partial charge in [-0.1, -0.05) is 26.0 Å². The van der Waals surface area contributed by atoms with Crippen LogP contribution in [0.25, 0.3) is 0 Å². The molecule has 0 fully saturated rings. The number of alkyl halides is 1. The van der Waals surface area contributed by atoms with E-state index in [2.05, 4.69) is 31.3 Å². The Morgan fingerprint density at radius 3 is 2.56 bits per heavy atom. The monoisotopic (exact) mass is 269 g/mol. The average Bonchev–Trinajstić information content (AvgIpc) is 2.44. The quantitative estimate of drug-likeness (QED) is 0.724. The molecule has 1 aromatic rings. The van der Waals surface area contributed by atoms with Crippen LogP contribution < -0.4 is 10.1 Å². The molecule has 0 aromatic heterocycles. The second-order valence-corrected chi connectivity index (χ2v) is 5.06. The summed E-state index contributed by atoms with van der Waals surface area (Å²) in [6.45, 7) is 6.23. The van der Waals surface area contributed by atoms with E-state index in [1.165, 1.54) is 5.56 Å². The standard InChI is InChI=1S/C15H24ClNO/c1-4-15(5-2,11-16)12-17-10-13-7-6-8-14(9-13)18-3/h6-9,17H,4-5,10-12H2,1-3H3. The lowest BCUT2D eigenvalue weighted by Gasteiger charge is -2.29. The van der Waals surface area contributed by atoms with Crippen LogP contribution >= 0.6 is 11.6 Å². The van der Waals surface area contributed by atoms with Gasteiger partial charge in [0.15, 0.2) is 0 Å². The summed E-state index contributed by atoms with van der Waals surface area (Å²) in [6.07, 6.45) is 2.22. The van der Waals surface area contributed by atoms with Crippen LogP contribution in [0.2, 0.25) is 0 Å². The van der Waals surface area contributed by atoms with Gasteiger partial charge in [0.25, 0.3) is 0 Å².